The van der Waals surface area contributed by atoms with E-state index in [2.05, 4.69) is 4.72 Å². The van der Waals surface area contributed by atoms with Crippen molar-refractivity contribution in [2.45, 2.75) is 4.90 Å². The second kappa shape index (κ2) is 6.60. The van der Waals surface area contributed by atoms with Crippen molar-refractivity contribution in [2.24, 2.45) is 0 Å². The van der Waals surface area contributed by atoms with Crippen LogP contribution in [0.2, 0.25) is 0 Å². The Morgan fingerprint density at radius 1 is 1.42 bits per heavy atom. The minimum absolute atomic E-state index is 0.0945. The number of allylic oxidation sites excluding steroid dienone is 1. The van der Waals surface area contributed by atoms with Gasteiger partial charge in [0.25, 0.3) is 0 Å². The Morgan fingerprint density at radius 3 is 2.68 bits per heavy atom. The zero-order valence-corrected chi connectivity index (χ0v) is 11.1. The van der Waals surface area contributed by atoms with Gasteiger partial charge in [-0.05, 0) is 12.1 Å². The molecule has 0 atom stereocenters. The Labute approximate surface area is 114 Å². The van der Waals surface area contributed by atoms with Gasteiger partial charge in [0.15, 0.2) is 4.90 Å². The van der Waals surface area contributed by atoms with Crippen molar-refractivity contribution in [1.82, 2.24) is 4.72 Å². The van der Waals surface area contributed by atoms with Crippen LogP contribution in [0.25, 0.3) is 0 Å². The van der Waals surface area contributed by atoms with Gasteiger partial charge in [-0.3, -0.25) is 10.1 Å². The zero-order chi connectivity index (χ0) is 14.5. The van der Waals surface area contributed by atoms with Crippen molar-refractivity contribution >= 4 is 27.3 Å². The van der Waals surface area contributed by atoms with Crippen LogP contribution in [0.3, 0.4) is 0 Å². The van der Waals surface area contributed by atoms with Gasteiger partial charge >= 0.3 is 5.69 Å². The lowest BCUT2D eigenvalue weighted by Crippen LogP contribution is -2.24. The molecule has 1 aromatic carbocycles. The highest BCUT2D eigenvalue weighted by Crippen LogP contribution is 2.26. The van der Waals surface area contributed by atoms with Crippen molar-refractivity contribution in [3.8, 4) is 0 Å². The maximum Gasteiger partial charge on any atom is 0.324 e. The standard InChI is InChI=1S/C10H10ClFN2O4S/c11-6-1-2-7-13-19(17,18)9-5-3-4-8(12)10(9)14(15)16/h1-5,13H,6-7H2/b2-1+. The summed E-state index contributed by atoms with van der Waals surface area (Å²) in [5.41, 5.74) is -1.07. The number of benzene rings is 1. The van der Waals surface area contributed by atoms with Crippen molar-refractivity contribution in [2.75, 3.05) is 12.4 Å². The van der Waals surface area contributed by atoms with Crippen molar-refractivity contribution in [1.29, 1.82) is 0 Å². The molecular weight excluding hydrogens is 299 g/mol. The first-order valence-corrected chi connectivity index (χ1v) is 7.05. The third-order valence-corrected chi connectivity index (χ3v) is 3.70. The number of nitro benzene ring substituents is 1. The highest BCUT2D eigenvalue weighted by atomic mass is 35.5. The summed E-state index contributed by atoms with van der Waals surface area (Å²) >= 11 is 5.35. The van der Waals surface area contributed by atoms with E-state index in [-0.39, 0.29) is 12.4 Å². The van der Waals surface area contributed by atoms with E-state index in [1.54, 1.807) is 0 Å². The number of sulfonamides is 1. The minimum atomic E-state index is -4.16. The van der Waals surface area contributed by atoms with Crippen LogP contribution < -0.4 is 4.72 Å². The van der Waals surface area contributed by atoms with E-state index in [9.17, 15) is 22.9 Å². The molecule has 0 saturated carbocycles. The first kappa shape index (κ1) is 15.5. The maximum absolute atomic E-state index is 13.3. The quantitative estimate of drug-likeness (QED) is 0.375. The summed E-state index contributed by atoms with van der Waals surface area (Å²) in [5, 5.41) is 10.7. The molecule has 0 radical (unpaired) electrons. The number of nitrogens with one attached hydrogen (secondary N) is 1. The predicted octanol–water partition coefficient (Wildman–Crippen LogP) is 1.81. The van der Waals surface area contributed by atoms with E-state index in [0.717, 1.165) is 18.2 Å². The van der Waals surface area contributed by atoms with Gasteiger partial charge in [0.1, 0.15) is 0 Å². The van der Waals surface area contributed by atoms with E-state index < -0.39 is 31.3 Å². The molecule has 9 heteroatoms. The van der Waals surface area contributed by atoms with E-state index in [4.69, 9.17) is 11.6 Å². The minimum Gasteiger partial charge on any atom is -0.258 e. The van der Waals surface area contributed by atoms with E-state index in [0.29, 0.717) is 0 Å². The van der Waals surface area contributed by atoms with Crippen LogP contribution in [0.5, 0.6) is 0 Å². The summed E-state index contributed by atoms with van der Waals surface area (Å²) in [4.78, 5) is 8.93. The molecule has 0 bridgehead atoms. The number of alkyl halides is 1. The van der Waals surface area contributed by atoms with Crippen LogP contribution in [0, 0.1) is 15.9 Å². The summed E-state index contributed by atoms with van der Waals surface area (Å²) in [6.07, 6.45) is 2.94. The van der Waals surface area contributed by atoms with E-state index in [1.165, 1.54) is 12.2 Å². The molecule has 104 valence electrons. The van der Waals surface area contributed by atoms with Crippen LogP contribution in [-0.4, -0.2) is 25.8 Å². The van der Waals surface area contributed by atoms with Gasteiger partial charge in [-0.1, -0.05) is 18.2 Å². The van der Waals surface area contributed by atoms with Crippen LogP contribution in [-0.2, 0) is 10.0 Å². The third-order valence-electron chi connectivity index (χ3n) is 2.07. The largest absolute Gasteiger partial charge is 0.324 e. The zero-order valence-electron chi connectivity index (χ0n) is 9.55. The van der Waals surface area contributed by atoms with Gasteiger partial charge < -0.3 is 0 Å². The molecular formula is C10H10ClFN2O4S. The Kier molecular flexibility index (Phi) is 5.40. The lowest BCUT2D eigenvalue weighted by atomic mass is 10.3. The van der Waals surface area contributed by atoms with E-state index >= 15 is 0 Å². The number of rotatable bonds is 6. The summed E-state index contributed by atoms with van der Waals surface area (Å²) in [5.74, 6) is -0.994. The topological polar surface area (TPSA) is 89.3 Å². The van der Waals surface area contributed by atoms with Crippen LogP contribution in [0.1, 0.15) is 0 Å². The maximum atomic E-state index is 13.3. The first-order chi connectivity index (χ1) is 8.90. The second-order valence-corrected chi connectivity index (χ2v) is 5.37. The molecule has 6 nitrogen and oxygen atoms in total. The normalized spacial score (nSPS) is 11.9. The van der Waals surface area contributed by atoms with Crippen LogP contribution >= 0.6 is 11.6 Å². The van der Waals surface area contributed by atoms with E-state index in [1.807, 2.05) is 0 Å². The molecule has 1 rings (SSSR count). The molecule has 0 amide bonds. The molecule has 0 spiro atoms. The average Bonchev–Trinajstić information content (AvgIpc) is 2.34. The SMILES string of the molecule is O=[N+]([O-])c1c(F)cccc1S(=O)(=O)NC/C=C/CCl. The van der Waals surface area contributed by atoms with Gasteiger partial charge in [-0.25, -0.2) is 13.1 Å². The number of hydrogen-bond acceptors (Lipinski definition) is 4. The molecule has 0 unspecified atom stereocenters. The molecule has 19 heavy (non-hydrogen) atoms. The lowest BCUT2D eigenvalue weighted by Gasteiger charge is -2.05. The van der Waals surface area contributed by atoms with Crippen LogP contribution in [0.4, 0.5) is 10.1 Å². The molecule has 1 N–H and O–H groups in total. The Morgan fingerprint density at radius 2 is 2.11 bits per heavy atom. The number of nitrogens with zero attached hydrogens (tertiary/aromatic N) is 1. The fourth-order valence-electron chi connectivity index (χ4n) is 1.27. The Bertz CT molecular complexity index is 604. The monoisotopic (exact) mass is 308 g/mol. The second-order valence-electron chi connectivity index (χ2n) is 3.32. The number of halogens is 2. The van der Waals surface area contributed by atoms with Crippen molar-refractivity contribution in [3.63, 3.8) is 0 Å². The van der Waals surface area contributed by atoms with Gasteiger partial charge in [0.2, 0.25) is 15.8 Å². The van der Waals surface area contributed by atoms with Gasteiger partial charge in [-0.2, -0.15) is 4.39 Å². The fourth-order valence-corrected chi connectivity index (χ4v) is 2.55. The van der Waals surface area contributed by atoms with Gasteiger partial charge in [0.05, 0.1) is 4.92 Å². The average molecular weight is 309 g/mol. The summed E-state index contributed by atoms with van der Waals surface area (Å²) < 4.78 is 39.0. The summed E-state index contributed by atoms with van der Waals surface area (Å²) in [7, 11) is -4.16. The summed E-state index contributed by atoms with van der Waals surface area (Å²) in [6, 6.07) is 2.88. The molecule has 0 aromatic heterocycles. The van der Waals surface area contributed by atoms with Gasteiger partial charge in [0, 0.05) is 12.4 Å². The highest BCUT2D eigenvalue weighted by Gasteiger charge is 2.28. The van der Waals surface area contributed by atoms with Gasteiger partial charge in [-0.15, -0.1) is 11.6 Å². The Hall–Kier alpha value is -1.51. The van der Waals surface area contributed by atoms with Crippen molar-refractivity contribution in [3.05, 3.63) is 46.3 Å². The van der Waals surface area contributed by atoms with Crippen molar-refractivity contribution < 1.29 is 17.7 Å². The first-order valence-electron chi connectivity index (χ1n) is 5.03. The lowest BCUT2D eigenvalue weighted by molar-refractivity contribution is -0.390. The molecule has 0 aliphatic heterocycles. The molecule has 0 heterocycles. The molecule has 1 aromatic rings. The molecule has 0 aliphatic rings. The van der Waals surface area contributed by atoms with Crippen LogP contribution in [0.15, 0.2) is 35.2 Å². The predicted molar refractivity (Wildman–Crippen MR) is 68.1 cm³/mol. The smallest absolute Gasteiger partial charge is 0.258 e. The number of hydrogen-bond donors (Lipinski definition) is 1. The molecule has 0 saturated heterocycles. The fraction of sp³-hybridized carbons (Fsp3) is 0.200. The molecule has 0 aliphatic carbocycles. The Balaban J connectivity index is 3.11. The highest BCUT2D eigenvalue weighted by molar-refractivity contribution is 7.89. The number of para-hydroxylation sites is 1. The molecule has 0 fully saturated rings. The number of nitro groups is 1. The third kappa shape index (κ3) is 3.98. The summed E-state index contributed by atoms with van der Waals surface area (Å²) in [6.45, 7) is -0.0945.